The number of fused-ring (bicyclic) bond motifs is 3. The molecule has 5 nitrogen and oxygen atoms in total. The van der Waals surface area contributed by atoms with Crippen LogP contribution in [0.5, 0.6) is 0 Å². The summed E-state index contributed by atoms with van der Waals surface area (Å²) in [5, 5.41) is 2.83. The number of hydrogen-bond acceptors (Lipinski definition) is 2. The Morgan fingerprint density at radius 2 is 1.88 bits per heavy atom. The van der Waals surface area contributed by atoms with Gasteiger partial charge in [-0.2, -0.15) is 0 Å². The quantitative estimate of drug-likeness (QED) is 0.772. The van der Waals surface area contributed by atoms with E-state index in [0.717, 1.165) is 16.9 Å². The summed E-state index contributed by atoms with van der Waals surface area (Å²) in [5.74, 6) is 0.177. The number of nitrogens with zero attached hydrogens (tertiary/aromatic N) is 3. The zero-order valence-corrected chi connectivity index (χ0v) is 13.7. The average molecular weight is 336 g/mol. The zero-order chi connectivity index (χ0) is 17.4. The monoisotopic (exact) mass is 336 g/mol. The van der Waals surface area contributed by atoms with E-state index in [0.29, 0.717) is 17.9 Å². The minimum atomic E-state index is -0.334. The van der Waals surface area contributed by atoms with Gasteiger partial charge in [0.15, 0.2) is 0 Å². The molecule has 1 N–H and O–H groups in total. The summed E-state index contributed by atoms with van der Waals surface area (Å²) in [6.07, 6.45) is 1.73. The second-order valence-electron chi connectivity index (χ2n) is 5.80. The van der Waals surface area contributed by atoms with Crippen LogP contribution in [0.3, 0.4) is 0 Å². The molecule has 4 rings (SSSR count). The molecule has 0 atom stereocenters. The Hall–Kier alpha value is -3.15. The molecule has 1 aliphatic heterocycles. The smallest absolute Gasteiger partial charge is 0.323 e. The number of hydrogen-bond donors (Lipinski definition) is 1. The fourth-order valence-corrected chi connectivity index (χ4v) is 3.15. The van der Waals surface area contributed by atoms with Gasteiger partial charge in [0.1, 0.15) is 18.3 Å². The number of benzene rings is 2. The Labute approximate surface area is 144 Å². The number of rotatable bonds is 2. The van der Waals surface area contributed by atoms with Crippen molar-refractivity contribution in [3.05, 3.63) is 60.5 Å². The fourth-order valence-electron chi connectivity index (χ4n) is 3.15. The standard InChI is InChI=1S/C19H17FN4O/c1-2-21-19(25)24-12-23-17(14-8-4-6-10-16(14)24)11-22-18(23)13-7-3-5-9-15(13)20/h3-11H,2,12H2,1H3,(H,21,25). The van der Waals surface area contributed by atoms with E-state index in [2.05, 4.69) is 10.3 Å². The Morgan fingerprint density at radius 3 is 2.64 bits per heavy atom. The third-order valence-electron chi connectivity index (χ3n) is 4.30. The molecule has 2 aromatic carbocycles. The number of para-hydroxylation sites is 1. The van der Waals surface area contributed by atoms with Crippen LogP contribution in [0.25, 0.3) is 22.6 Å². The summed E-state index contributed by atoms with van der Waals surface area (Å²) in [7, 11) is 0. The Bertz CT molecular complexity index is 950. The molecule has 0 saturated heterocycles. The minimum absolute atomic E-state index is 0.186. The highest BCUT2D eigenvalue weighted by Crippen LogP contribution is 2.38. The third kappa shape index (κ3) is 2.46. The molecule has 0 unspecified atom stereocenters. The Balaban J connectivity index is 1.88. The van der Waals surface area contributed by atoms with Crippen LogP contribution in [0.2, 0.25) is 0 Å². The number of halogens is 1. The summed E-state index contributed by atoms with van der Waals surface area (Å²) in [5.41, 5.74) is 3.01. The molecule has 2 amide bonds. The first kappa shape index (κ1) is 15.4. The summed E-state index contributed by atoms with van der Waals surface area (Å²) < 4.78 is 16.1. The molecule has 0 spiro atoms. The third-order valence-corrected chi connectivity index (χ3v) is 4.30. The SMILES string of the molecule is CCNC(=O)N1Cn2c(cnc2-c2ccccc2F)-c2ccccc21. The van der Waals surface area contributed by atoms with Gasteiger partial charge in [0.2, 0.25) is 0 Å². The normalized spacial score (nSPS) is 12.5. The molecule has 0 aliphatic carbocycles. The number of nitrogens with one attached hydrogen (secondary N) is 1. The molecular formula is C19H17FN4O. The molecule has 6 heteroatoms. The first-order valence-corrected chi connectivity index (χ1v) is 8.16. The average Bonchev–Trinajstić information content (AvgIpc) is 3.05. The van der Waals surface area contributed by atoms with Crippen LogP contribution in [-0.2, 0) is 6.67 Å². The number of amides is 2. The largest absolute Gasteiger partial charge is 0.338 e. The summed E-state index contributed by atoms with van der Waals surface area (Å²) in [6, 6.07) is 14.0. The van der Waals surface area contributed by atoms with Crippen molar-refractivity contribution in [2.45, 2.75) is 13.6 Å². The molecule has 3 aromatic rings. The van der Waals surface area contributed by atoms with Crippen LogP contribution in [-0.4, -0.2) is 22.1 Å². The van der Waals surface area contributed by atoms with Gasteiger partial charge in [-0.15, -0.1) is 0 Å². The number of imidazole rings is 1. The van der Waals surface area contributed by atoms with Gasteiger partial charge < -0.3 is 9.88 Å². The van der Waals surface area contributed by atoms with E-state index in [1.807, 2.05) is 35.8 Å². The number of carbonyl (C=O) groups is 1. The van der Waals surface area contributed by atoms with Crippen molar-refractivity contribution < 1.29 is 9.18 Å². The first-order chi connectivity index (χ1) is 12.2. The van der Waals surface area contributed by atoms with Crippen molar-refractivity contribution in [2.24, 2.45) is 0 Å². The van der Waals surface area contributed by atoms with Crippen molar-refractivity contribution in [1.82, 2.24) is 14.9 Å². The summed E-state index contributed by atoms with van der Waals surface area (Å²) in [4.78, 5) is 18.6. The number of urea groups is 1. The number of aromatic nitrogens is 2. The van der Waals surface area contributed by atoms with Crippen molar-refractivity contribution in [3.8, 4) is 22.6 Å². The highest BCUT2D eigenvalue weighted by molar-refractivity contribution is 5.97. The van der Waals surface area contributed by atoms with Crippen LogP contribution in [0.15, 0.2) is 54.7 Å². The van der Waals surface area contributed by atoms with E-state index in [1.165, 1.54) is 6.07 Å². The van der Waals surface area contributed by atoms with Crippen molar-refractivity contribution in [2.75, 3.05) is 11.4 Å². The molecule has 0 saturated carbocycles. The summed E-state index contributed by atoms with van der Waals surface area (Å²) in [6.45, 7) is 2.69. The topological polar surface area (TPSA) is 50.2 Å². The lowest BCUT2D eigenvalue weighted by molar-refractivity contribution is 0.245. The number of carbonyl (C=O) groups excluding carboxylic acids is 1. The molecule has 0 radical (unpaired) electrons. The molecule has 126 valence electrons. The van der Waals surface area contributed by atoms with Gasteiger partial charge in [0.25, 0.3) is 0 Å². The highest BCUT2D eigenvalue weighted by atomic mass is 19.1. The maximum Gasteiger partial charge on any atom is 0.323 e. The van der Waals surface area contributed by atoms with Crippen LogP contribution >= 0.6 is 0 Å². The number of anilines is 1. The van der Waals surface area contributed by atoms with Crippen LogP contribution < -0.4 is 10.2 Å². The van der Waals surface area contributed by atoms with E-state index < -0.39 is 0 Å². The lowest BCUT2D eigenvalue weighted by Crippen LogP contribution is -2.43. The molecule has 25 heavy (non-hydrogen) atoms. The molecule has 1 aromatic heterocycles. The second kappa shape index (κ2) is 6.05. The predicted octanol–water partition coefficient (Wildman–Crippen LogP) is 3.86. The van der Waals surface area contributed by atoms with E-state index in [1.54, 1.807) is 29.3 Å². The second-order valence-corrected chi connectivity index (χ2v) is 5.80. The van der Waals surface area contributed by atoms with E-state index in [4.69, 9.17) is 0 Å². The van der Waals surface area contributed by atoms with Crippen LogP contribution in [0, 0.1) is 5.82 Å². The maximum atomic E-state index is 14.2. The van der Waals surface area contributed by atoms with Gasteiger partial charge in [0, 0.05) is 12.1 Å². The van der Waals surface area contributed by atoms with Gasteiger partial charge in [-0.25, -0.2) is 14.2 Å². The van der Waals surface area contributed by atoms with E-state index in [9.17, 15) is 9.18 Å². The van der Waals surface area contributed by atoms with Gasteiger partial charge in [-0.1, -0.05) is 30.3 Å². The first-order valence-electron chi connectivity index (χ1n) is 8.16. The highest BCUT2D eigenvalue weighted by Gasteiger charge is 2.28. The van der Waals surface area contributed by atoms with Gasteiger partial charge in [0.05, 0.1) is 23.1 Å². The van der Waals surface area contributed by atoms with E-state index >= 15 is 0 Å². The van der Waals surface area contributed by atoms with Crippen molar-refractivity contribution in [1.29, 1.82) is 0 Å². The van der Waals surface area contributed by atoms with Gasteiger partial charge in [-0.05, 0) is 25.1 Å². The van der Waals surface area contributed by atoms with Crippen LogP contribution in [0.1, 0.15) is 6.92 Å². The van der Waals surface area contributed by atoms with Crippen molar-refractivity contribution >= 4 is 11.7 Å². The molecule has 0 bridgehead atoms. The Morgan fingerprint density at radius 1 is 1.16 bits per heavy atom. The predicted molar refractivity (Wildman–Crippen MR) is 94.6 cm³/mol. The van der Waals surface area contributed by atoms with Crippen molar-refractivity contribution in [3.63, 3.8) is 0 Å². The lowest BCUT2D eigenvalue weighted by Gasteiger charge is -2.31. The fraction of sp³-hybridized carbons (Fsp3) is 0.158. The molecule has 2 heterocycles. The maximum absolute atomic E-state index is 14.2. The van der Waals surface area contributed by atoms with Crippen LogP contribution in [0.4, 0.5) is 14.9 Å². The molecule has 1 aliphatic rings. The zero-order valence-electron chi connectivity index (χ0n) is 13.7. The molecular weight excluding hydrogens is 319 g/mol. The lowest BCUT2D eigenvalue weighted by atomic mass is 10.1. The van der Waals surface area contributed by atoms with Gasteiger partial charge >= 0.3 is 6.03 Å². The summed E-state index contributed by atoms with van der Waals surface area (Å²) >= 11 is 0. The Kier molecular flexibility index (Phi) is 3.72. The molecule has 0 fully saturated rings. The van der Waals surface area contributed by atoms with E-state index in [-0.39, 0.29) is 18.5 Å². The van der Waals surface area contributed by atoms with Gasteiger partial charge in [-0.3, -0.25) is 4.90 Å². The minimum Gasteiger partial charge on any atom is -0.338 e.